The Kier molecular flexibility index (Phi) is 9.65. The van der Waals surface area contributed by atoms with Gasteiger partial charge in [-0.1, -0.05) is 72.9 Å². The van der Waals surface area contributed by atoms with Crippen molar-refractivity contribution < 1.29 is 23.5 Å². The molecule has 1 heterocycles. The number of hydrogen-bond acceptors (Lipinski definition) is 4. The van der Waals surface area contributed by atoms with Crippen LogP contribution in [0.4, 0.5) is 4.39 Å². The highest BCUT2D eigenvalue weighted by Gasteiger charge is 2.48. The highest BCUT2D eigenvalue weighted by Crippen LogP contribution is 2.44. The van der Waals surface area contributed by atoms with Crippen molar-refractivity contribution in [2.24, 2.45) is 0 Å². The van der Waals surface area contributed by atoms with E-state index in [2.05, 4.69) is 0 Å². The average Bonchev–Trinajstić information content (AvgIpc) is 2.92. The predicted octanol–water partition coefficient (Wildman–Crippen LogP) is 7.43. The van der Waals surface area contributed by atoms with Gasteiger partial charge >= 0.3 is 5.97 Å². The number of morpholine rings is 1. The molecule has 1 aliphatic heterocycles. The fourth-order valence-corrected chi connectivity index (χ4v) is 5.26. The second-order valence-electron chi connectivity index (χ2n) is 9.68. The van der Waals surface area contributed by atoms with E-state index in [0.717, 1.165) is 11.1 Å². The first-order valence-electron chi connectivity index (χ1n) is 13.1. The van der Waals surface area contributed by atoms with Crippen LogP contribution in [0, 0.1) is 12.7 Å². The van der Waals surface area contributed by atoms with Gasteiger partial charge in [0.05, 0.1) is 12.6 Å². The van der Waals surface area contributed by atoms with Crippen LogP contribution in [0.25, 0.3) is 0 Å². The first-order chi connectivity index (χ1) is 18.7. The van der Waals surface area contributed by atoms with Gasteiger partial charge in [-0.15, -0.1) is 0 Å². The van der Waals surface area contributed by atoms with Crippen LogP contribution in [0.3, 0.4) is 0 Å². The Hall–Kier alpha value is -2.93. The van der Waals surface area contributed by atoms with Crippen LogP contribution in [0.1, 0.15) is 61.1 Å². The fourth-order valence-electron chi connectivity index (χ4n) is 5.01. The third-order valence-electron chi connectivity index (χ3n) is 6.95. The van der Waals surface area contributed by atoms with Gasteiger partial charge < -0.3 is 14.4 Å². The number of carbonyl (C=O) groups excluding carboxylic acids is 2. The van der Waals surface area contributed by atoms with E-state index in [1.165, 1.54) is 6.07 Å². The number of hydrogen-bond donors (Lipinski definition) is 0. The van der Waals surface area contributed by atoms with Crippen molar-refractivity contribution in [3.05, 3.63) is 105 Å². The highest BCUT2D eigenvalue weighted by molar-refractivity contribution is 6.30. The van der Waals surface area contributed by atoms with Gasteiger partial charge in [0.15, 0.2) is 0 Å². The van der Waals surface area contributed by atoms with Crippen molar-refractivity contribution in [1.29, 1.82) is 0 Å². The number of esters is 1. The van der Waals surface area contributed by atoms with Gasteiger partial charge in [0, 0.05) is 16.5 Å². The number of amides is 1. The highest BCUT2D eigenvalue weighted by atomic mass is 35.5. The third kappa shape index (κ3) is 6.63. The van der Waals surface area contributed by atoms with Crippen molar-refractivity contribution in [3.8, 4) is 0 Å². The number of carbonyl (C=O) groups is 2. The summed E-state index contributed by atoms with van der Waals surface area (Å²) in [5.41, 5.74) is 2.69. The summed E-state index contributed by atoms with van der Waals surface area (Å²) in [6.07, 6.45) is -0.388. The number of aryl methyl sites for hydroxylation is 1. The van der Waals surface area contributed by atoms with Crippen molar-refractivity contribution in [2.45, 2.75) is 64.3 Å². The van der Waals surface area contributed by atoms with Crippen LogP contribution in [0.15, 0.2) is 66.7 Å². The number of halogens is 3. The van der Waals surface area contributed by atoms with E-state index in [4.69, 9.17) is 32.7 Å². The maximum absolute atomic E-state index is 14.4. The number of rotatable bonds is 9. The molecule has 4 unspecified atom stereocenters. The summed E-state index contributed by atoms with van der Waals surface area (Å²) in [4.78, 5) is 29.2. The van der Waals surface area contributed by atoms with Crippen molar-refractivity contribution in [2.75, 3.05) is 6.61 Å². The Morgan fingerprint density at radius 2 is 1.62 bits per heavy atom. The van der Waals surface area contributed by atoms with E-state index in [9.17, 15) is 14.0 Å². The molecular weight excluding hydrogens is 540 g/mol. The quantitative estimate of drug-likeness (QED) is 0.251. The van der Waals surface area contributed by atoms with Crippen LogP contribution in [-0.2, 0) is 25.5 Å². The van der Waals surface area contributed by atoms with Gasteiger partial charge in [0.2, 0.25) is 0 Å². The molecule has 3 aromatic rings. The van der Waals surface area contributed by atoms with Gasteiger partial charge in [-0.25, -0.2) is 9.18 Å². The van der Waals surface area contributed by atoms with Gasteiger partial charge in [0.25, 0.3) is 5.91 Å². The lowest BCUT2D eigenvalue weighted by molar-refractivity contribution is -0.186. The second-order valence-corrected chi connectivity index (χ2v) is 10.6. The maximum Gasteiger partial charge on any atom is 0.328 e. The molecule has 0 aromatic heterocycles. The lowest BCUT2D eigenvalue weighted by Crippen LogP contribution is -2.57. The molecule has 1 saturated heterocycles. The van der Waals surface area contributed by atoms with Gasteiger partial charge in [-0.2, -0.15) is 0 Å². The zero-order valence-corrected chi connectivity index (χ0v) is 23.7. The molecule has 1 amide bonds. The predicted molar refractivity (Wildman–Crippen MR) is 150 cm³/mol. The lowest BCUT2D eigenvalue weighted by Gasteiger charge is -2.47. The minimum Gasteiger partial charge on any atom is -0.464 e. The summed E-state index contributed by atoms with van der Waals surface area (Å²) in [5, 5.41) is 1.11. The molecule has 3 aromatic carbocycles. The molecular formula is C31H32Cl2FNO4. The standard InChI is InChI=1S/C31H32Cl2FNO4/c1-4-6-26(31(37)38-5-2)35-28(21-9-13-23(32)14-10-21)29(22-11-15-24(33)16-12-22)39-27(30(35)36)18-20-8-7-19(3)25(34)17-20/h7-17,26-29H,4-6,18H2,1-3H3. The lowest BCUT2D eigenvalue weighted by atomic mass is 9.88. The summed E-state index contributed by atoms with van der Waals surface area (Å²) < 4.78 is 26.4. The Morgan fingerprint density at radius 3 is 2.18 bits per heavy atom. The first kappa shape index (κ1) is 29.1. The molecule has 0 bridgehead atoms. The van der Waals surface area contributed by atoms with E-state index in [1.807, 2.05) is 31.2 Å². The Labute approximate surface area is 238 Å². The van der Waals surface area contributed by atoms with Gasteiger partial charge in [-0.3, -0.25) is 4.79 Å². The molecule has 0 N–H and O–H groups in total. The fraction of sp³-hybridized carbons (Fsp3) is 0.355. The molecule has 8 heteroatoms. The van der Waals surface area contributed by atoms with Crippen molar-refractivity contribution in [1.82, 2.24) is 4.90 Å². The van der Waals surface area contributed by atoms with Crippen LogP contribution in [-0.4, -0.2) is 35.5 Å². The monoisotopic (exact) mass is 571 g/mol. The smallest absolute Gasteiger partial charge is 0.328 e. The molecule has 4 atom stereocenters. The minimum atomic E-state index is -0.954. The number of nitrogens with zero attached hydrogens (tertiary/aromatic N) is 1. The summed E-state index contributed by atoms with van der Waals surface area (Å²) in [7, 11) is 0. The molecule has 4 rings (SSSR count). The van der Waals surface area contributed by atoms with Crippen LogP contribution >= 0.6 is 23.2 Å². The van der Waals surface area contributed by atoms with Crippen LogP contribution in [0.5, 0.6) is 0 Å². The maximum atomic E-state index is 14.4. The molecule has 0 radical (unpaired) electrons. The normalized spacial score (nSPS) is 20.1. The summed E-state index contributed by atoms with van der Waals surface area (Å²) in [5.74, 6) is -1.17. The largest absolute Gasteiger partial charge is 0.464 e. The Balaban J connectivity index is 1.86. The van der Waals surface area contributed by atoms with Crippen molar-refractivity contribution >= 4 is 35.1 Å². The van der Waals surface area contributed by atoms with E-state index < -0.39 is 30.3 Å². The molecule has 206 valence electrons. The van der Waals surface area contributed by atoms with Gasteiger partial charge in [0.1, 0.15) is 24.1 Å². The summed E-state index contributed by atoms with van der Waals surface area (Å²) >= 11 is 12.4. The molecule has 0 aliphatic carbocycles. The minimum absolute atomic E-state index is 0.144. The van der Waals surface area contributed by atoms with Crippen LogP contribution < -0.4 is 0 Å². The van der Waals surface area contributed by atoms with E-state index in [0.29, 0.717) is 34.0 Å². The summed E-state index contributed by atoms with van der Waals surface area (Å²) in [6, 6.07) is 17.8. The molecule has 5 nitrogen and oxygen atoms in total. The second kappa shape index (κ2) is 12.9. The first-order valence-corrected chi connectivity index (χ1v) is 13.9. The number of benzene rings is 3. The topological polar surface area (TPSA) is 55.8 Å². The average molecular weight is 573 g/mol. The Bertz CT molecular complexity index is 1300. The van der Waals surface area contributed by atoms with E-state index in [1.54, 1.807) is 55.1 Å². The SMILES string of the molecule is CCCC(C(=O)OCC)N1C(=O)C(Cc2ccc(C)c(F)c2)OC(c2ccc(Cl)cc2)C1c1ccc(Cl)cc1. The zero-order valence-electron chi connectivity index (χ0n) is 22.2. The molecule has 0 saturated carbocycles. The summed E-state index contributed by atoms with van der Waals surface area (Å²) in [6.45, 7) is 5.57. The van der Waals surface area contributed by atoms with Crippen molar-refractivity contribution in [3.63, 3.8) is 0 Å². The number of ether oxygens (including phenoxy) is 2. The third-order valence-corrected chi connectivity index (χ3v) is 7.46. The van der Waals surface area contributed by atoms with E-state index >= 15 is 0 Å². The van der Waals surface area contributed by atoms with E-state index in [-0.39, 0.29) is 24.8 Å². The van der Waals surface area contributed by atoms with Crippen LogP contribution in [0.2, 0.25) is 10.0 Å². The molecule has 39 heavy (non-hydrogen) atoms. The molecule has 1 aliphatic rings. The zero-order chi connectivity index (χ0) is 28.1. The Morgan fingerprint density at radius 1 is 1.00 bits per heavy atom. The molecule has 1 fully saturated rings. The van der Waals surface area contributed by atoms with Gasteiger partial charge in [-0.05, 0) is 72.9 Å². The molecule has 0 spiro atoms.